The largest absolute Gasteiger partial charge is 0.485 e. The van der Waals surface area contributed by atoms with E-state index < -0.39 is 18.5 Å². The lowest BCUT2D eigenvalue weighted by atomic mass is 10.1. The van der Waals surface area contributed by atoms with Crippen LogP contribution < -0.4 is 14.2 Å². The van der Waals surface area contributed by atoms with Crippen molar-refractivity contribution < 1.29 is 38.1 Å². The first-order chi connectivity index (χ1) is 16.5. The van der Waals surface area contributed by atoms with E-state index in [0.717, 1.165) is 11.1 Å². The molecule has 8 heteroatoms. The van der Waals surface area contributed by atoms with Crippen molar-refractivity contribution in [2.24, 2.45) is 0 Å². The van der Waals surface area contributed by atoms with Crippen LogP contribution in [-0.4, -0.2) is 51.8 Å². The molecule has 0 radical (unpaired) electrons. The number of ketones is 1. The van der Waals surface area contributed by atoms with Crippen molar-refractivity contribution in [1.82, 2.24) is 0 Å². The predicted octanol–water partition coefficient (Wildman–Crippen LogP) is 3.72. The maximum Gasteiger partial charge on any atom is 0.343 e. The van der Waals surface area contributed by atoms with Crippen molar-refractivity contribution >= 4 is 17.7 Å². The van der Waals surface area contributed by atoms with Gasteiger partial charge < -0.3 is 23.7 Å². The minimum atomic E-state index is -0.617. The normalized spacial score (nSPS) is 10.2. The van der Waals surface area contributed by atoms with E-state index in [1.807, 2.05) is 42.5 Å². The number of hydrogen-bond acceptors (Lipinski definition) is 8. The van der Waals surface area contributed by atoms with Gasteiger partial charge in [-0.25, -0.2) is 9.59 Å². The van der Waals surface area contributed by atoms with Crippen LogP contribution in [-0.2, 0) is 19.1 Å². The van der Waals surface area contributed by atoms with Crippen LogP contribution >= 0.6 is 0 Å². The van der Waals surface area contributed by atoms with Crippen molar-refractivity contribution in [3.63, 3.8) is 0 Å². The Bertz CT molecular complexity index is 1120. The van der Waals surface area contributed by atoms with Gasteiger partial charge in [0.15, 0.2) is 19.8 Å². The Morgan fingerprint density at radius 1 is 0.618 bits per heavy atom. The summed E-state index contributed by atoms with van der Waals surface area (Å²) < 4.78 is 25.5. The Morgan fingerprint density at radius 3 is 1.82 bits per heavy atom. The summed E-state index contributed by atoms with van der Waals surface area (Å²) in [5.74, 6) is -0.660. The number of Topliss-reactive ketones (excluding diaryl/α,β-unsaturated/α-hetero) is 1. The summed E-state index contributed by atoms with van der Waals surface area (Å²) in [7, 11) is 2.47. The molecule has 0 aromatic heterocycles. The van der Waals surface area contributed by atoms with Gasteiger partial charge in [-0.3, -0.25) is 4.79 Å². The molecule has 3 rings (SSSR count). The number of carbonyl (C=O) groups is 3. The van der Waals surface area contributed by atoms with Gasteiger partial charge in [-0.05, 0) is 35.4 Å². The lowest BCUT2D eigenvalue weighted by Gasteiger charge is -2.13. The topological polar surface area (TPSA) is 97.4 Å². The highest BCUT2D eigenvalue weighted by Gasteiger charge is 2.17. The molecule has 0 N–H and O–H groups in total. The number of rotatable bonds is 11. The summed E-state index contributed by atoms with van der Waals surface area (Å²) in [5.41, 5.74) is 2.29. The van der Waals surface area contributed by atoms with Gasteiger partial charge in [-0.1, -0.05) is 42.5 Å². The van der Waals surface area contributed by atoms with E-state index in [9.17, 15) is 14.4 Å². The molecule has 0 amide bonds. The molecule has 0 aliphatic carbocycles. The Morgan fingerprint density at radius 2 is 1.18 bits per heavy atom. The SMILES string of the molecule is COC(=O)COc1ccc(C(=O)COc2ccc(-c3ccccc3)cc2)c(OCC(=O)OC)c1. The van der Waals surface area contributed by atoms with Gasteiger partial charge in [-0.2, -0.15) is 0 Å². The molecule has 8 nitrogen and oxygen atoms in total. The monoisotopic (exact) mass is 464 g/mol. The molecule has 0 aliphatic rings. The molecule has 176 valence electrons. The maximum atomic E-state index is 12.8. The Kier molecular flexibility index (Phi) is 8.62. The number of carbonyl (C=O) groups excluding carboxylic acids is 3. The third-order valence-electron chi connectivity index (χ3n) is 4.74. The average Bonchev–Trinajstić information content (AvgIpc) is 2.89. The maximum absolute atomic E-state index is 12.8. The van der Waals surface area contributed by atoms with E-state index in [0.29, 0.717) is 5.75 Å². The number of benzene rings is 3. The molecule has 34 heavy (non-hydrogen) atoms. The highest BCUT2D eigenvalue weighted by molar-refractivity contribution is 6.00. The zero-order valence-corrected chi connectivity index (χ0v) is 18.8. The van der Waals surface area contributed by atoms with Crippen LogP contribution in [0.4, 0.5) is 0 Å². The molecular weight excluding hydrogens is 440 g/mol. The number of methoxy groups -OCH3 is 2. The van der Waals surface area contributed by atoms with Crippen LogP contribution in [0.5, 0.6) is 17.2 Å². The van der Waals surface area contributed by atoms with Crippen LogP contribution in [0.2, 0.25) is 0 Å². The van der Waals surface area contributed by atoms with Gasteiger partial charge >= 0.3 is 11.9 Å². The summed E-state index contributed by atoms with van der Waals surface area (Å²) in [6.07, 6.45) is 0. The smallest absolute Gasteiger partial charge is 0.343 e. The van der Waals surface area contributed by atoms with Gasteiger partial charge in [0.05, 0.1) is 19.8 Å². The van der Waals surface area contributed by atoms with E-state index in [1.54, 1.807) is 12.1 Å². The minimum Gasteiger partial charge on any atom is -0.485 e. The highest BCUT2D eigenvalue weighted by atomic mass is 16.6. The van der Waals surface area contributed by atoms with E-state index in [-0.39, 0.29) is 36.1 Å². The molecule has 0 unspecified atom stereocenters. The van der Waals surface area contributed by atoms with E-state index in [4.69, 9.17) is 14.2 Å². The third kappa shape index (κ3) is 6.83. The second-order valence-electron chi connectivity index (χ2n) is 6.99. The van der Waals surface area contributed by atoms with Crippen molar-refractivity contribution in [2.45, 2.75) is 0 Å². The molecule has 0 heterocycles. The summed E-state index contributed by atoms with van der Waals surface area (Å²) >= 11 is 0. The number of esters is 2. The molecule has 3 aromatic carbocycles. The Hall–Kier alpha value is -4.33. The van der Waals surface area contributed by atoms with Gasteiger partial charge in [0.25, 0.3) is 0 Å². The summed E-state index contributed by atoms with van der Waals surface area (Å²) in [6.45, 7) is -0.969. The fourth-order valence-electron chi connectivity index (χ4n) is 2.94. The molecule has 3 aromatic rings. The molecule has 0 bridgehead atoms. The molecule has 0 saturated carbocycles. The lowest BCUT2D eigenvalue weighted by Crippen LogP contribution is -2.17. The zero-order valence-electron chi connectivity index (χ0n) is 18.8. The molecule has 0 atom stereocenters. The summed E-state index contributed by atoms with van der Waals surface area (Å²) in [5, 5.41) is 0. The van der Waals surface area contributed by atoms with Crippen LogP contribution in [0.3, 0.4) is 0 Å². The van der Waals surface area contributed by atoms with E-state index in [2.05, 4.69) is 9.47 Å². The van der Waals surface area contributed by atoms with Crippen molar-refractivity contribution in [3.05, 3.63) is 78.4 Å². The first kappa shape index (κ1) is 24.3. The van der Waals surface area contributed by atoms with Crippen molar-refractivity contribution in [2.75, 3.05) is 34.0 Å². The third-order valence-corrected chi connectivity index (χ3v) is 4.74. The second-order valence-corrected chi connectivity index (χ2v) is 6.99. The average molecular weight is 464 g/mol. The quantitative estimate of drug-likeness (QED) is 0.313. The number of ether oxygens (including phenoxy) is 5. The van der Waals surface area contributed by atoms with Crippen LogP contribution in [0, 0.1) is 0 Å². The first-order valence-electron chi connectivity index (χ1n) is 10.3. The second kappa shape index (κ2) is 12.1. The predicted molar refractivity (Wildman–Crippen MR) is 123 cm³/mol. The van der Waals surface area contributed by atoms with Crippen LogP contribution in [0.15, 0.2) is 72.8 Å². The zero-order chi connectivity index (χ0) is 24.3. The van der Waals surface area contributed by atoms with Crippen molar-refractivity contribution in [1.29, 1.82) is 0 Å². The van der Waals surface area contributed by atoms with Gasteiger partial charge in [0.1, 0.15) is 17.2 Å². The Labute approximate surface area is 197 Å². The van der Waals surface area contributed by atoms with Crippen LogP contribution in [0.25, 0.3) is 11.1 Å². The number of hydrogen-bond donors (Lipinski definition) is 0. The van der Waals surface area contributed by atoms with Gasteiger partial charge in [-0.15, -0.1) is 0 Å². The first-order valence-corrected chi connectivity index (χ1v) is 10.3. The fourth-order valence-corrected chi connectivity index (χ4v) is 2.94. The standard InChI is InChI=1S/C26H24O8/c1-30-25(28)16-33-21-12-13-22(24(14-21)34-17-26(29)31-2)23(27)15-32-20-10-8-19(9-11-20)18-6-4-3-5-7-18/h3-14H,15-17H2,1-2H3. The fraction of sp³-hybridized carbons (Fsp3) is 0.192. The van der Waals surface area contributed by atoms with E-state index >= 15 is 0 Å². The van der Waals surface area contributed by atoms with Crippen LogP contribution in [0.1, 0.15) is 10.4 Å². The summed E-state index contributed by atoms with van der Waals surface area (Å²) in [4.78, 5) is 35.6. The molecule has 0 fully saturated rings. The molecule has 0 aliphatic heterocycles. The summed E-state index contributed by atoms with van der Waals surface area (Å²) in [6, 6.07) is 21.7. The molecular formula is C26H24O8. The van der Waals surface area contributed by atoms with Gasteiger partial charge in [0.2, 0.25) is 5.78 Å². The molecule has 0 saturated heterocycles. The lowest BCUT2D eigenvalue weighted by molar-refractivity contribution is -0.143. The minimum absolute atomic E-state index is 0.0980. The Balaban J connectivity index is 1.69. The van der Waals surface area contributed by atoms with Gasteiger partial charge in [0, 0.05) is 6.07 Å². The highest BCUT2D eigenvalue weighted by Crippen LogP contribution is 2.27. The molecule has 0 spiro atoms. The van der Waals surface area contributed by atoms with E-state index in [1.165, 1.54) is 32.4 Å². The van der Waals surface area contributed by atoms with Crippen molar-refractivity contribution in [3.8, 4) is 28.4 Å².